The maximum absolute atomic E-state index is 10.2. The van der Waals surface area contributed by atoms with Gasteiger partial charge in [0.05, 0.1) is 0 Å². The molecule has 204 valence electrons. The van der Waals surface area contributed by atoms with E-state index >= 15 is 0 Å². The summed E-state index contributed by atoms with van der Waals surface area (Å²) in [5.74, 6) is 0.814. The Morgan fingerprint density at radius 2 is 1.33 bits per heavy atom. The lowest BCUT2D eigenvalue weighted by molar-refractivity contribution is -0.104. The number of aldehydes is 1. The second-order valence-corrected chi connectivity index (χ2v) is 10.2. The van der Waals surface area contributed by atoms with Crippen LogP contribution in [-0.4, -0.2) is 18.9 Å². The summed E-state index contributed by atoms with van der Waals surface area (Å²) in [5.41, 5.74) is 6.20. The number of allylic oxidation sites excluding steroid dienone is 6. The highest BCUT2D eigenvalue weighted by molar-refractivity contribution is 5.64. The fraction of sp³-hybridized carbons (Fsp3) is 0.676. The van der Waals surface area contributed by atoms with E-state index in [0.717, 1.165) is 38.0 Å². The summed E-state index contributed by atoms with van der Waals surface area (Å²) < 4.78 is 0. The first kappa shape index (κ1) is 34.1. The van der Waals surface area contributed by atoms with E-state index in [0.29, 0.717) is 6.04 Å². The van der Waals surface area contributed by atoms with E-state index in [1.807, 2.05) is 6.08 Å². The highest BCUT2D eigenvalue weighted by atomic mass is 16.1. The Hall–Kier alpha value is -1.85. The lowest BCUT2D eigenvalue weighted by Gasteiger charge is -2.17. The van der Waals surface area contributed by atoms with Gasteiger partial charge < -0.3 is 5.32 Å². The molecular weight excluding hydrogens is 438 g/mol. The van der Waals surface area contributed by atoms with Crippen LogP contribution in [0.25, 0.3) is 0 Å². The van der Waals surface area contributed by atoms with Gasteiger partial charge in [0.1, 0.15) is 0 Å². The molecule has 0 fully saturated rings. The molecule has 0 aliphatic heterocycles. The maximum Gasteiger partial charge on any atom is 0.150 e. The average molecular weight is 496 g/mol. The topological polar surface area (TPSA) is 29.1 Å². The molecule has 0 aromatic carbocycles. The predicted molar refractivity (Wildman–Crippen MR) is 160 cm³/mol. The standard InChI is InChI=1S/C34H57NO/c1-4-5-6-7-8-9-10-11-12-13-14-15-16-17-19-22-25-28-34(30-31-35-33(2)3)29-26-23-20-18-21-24-27-32-36/h8-9,11,13,20-21,23,27,32-35H,4-7,10,14-19,22,25-26,28-31H2,1-3H3/b9-8-,23-20+. The van der Waals surface area contributed by atoms with Gasteiger partial charge in [0, 0.05) is 12.1 Å². The first-order chi connectivity index (χ1) is 17.7. The van der Waals surface area contributed by atoms with Crippen LogP contribution >= 0.6 is 0 Å². The van der Waals surface area contributed by atoms with Gasteiger partial charge in [-0.3, -0.25) is 4.79 Å². The predicted octanol–water partition coefficient (Wildman–Crippen LogP) is 9.99. The minimum absolute atomic E-state index is 0.569. The van der Waals surface area contributed by atoms with E-state index in [2.05, 4.69) is 74.0 Å². The molecule has 0 saturated heterocycles. The molecule has 1 unspecified atom stereocenters. The first-order valence-electron chi connectivity index (χ1n) is 15.0. The molecule has 2 nitrogen and oxygen atoms in total. The Kier molecular flexibility index (Phi) is 27.9. The Morgan fingerprint density at radius 3 is 2.06 bits per heavy atom. The summed E-state index contributed by atoms with van der Waals surface area (Å²) in [6.45, 7) is 7.83. The zero-order valence-corrected chi connectivity index (χ0v) is 24.0. The molecule has 0 saturated carbocycles. The van der Waals surface area contributed by atoms with E-state index in [4.69, 9.17) is 0 Å². The zero-order chi connectivity index (χ0) is 26.4. The third kappa shape index (κ3) is 28.4. The molecule has 0 aliphatic carbocycles. The van der Waals surface area contributed by atoms with E-state index in [9.17, 15) is 4.79 Å². The normalized spacial score (nSPS) is 12.0. The number of hydrogen-bond acceptors (Lipinski definition) is 2. The van der Waals surface area contributed by atoms with E-state index < -0.39 is 0 Å². The maximum atomic E-state index is 10.2. The summed E-state index contributed by atoms with van der Waals surface area (Å²) in [5, 5.41) is 3.59. The third-order valence-corrected chi connectivity index (χ3v) is 6.39. The van der Waals surface area contributed by atoms with Gasteiger partial charge in [0.15, 0.2) is 6.29 Å². The quantitative estimate of drug-likeness (QED) is 0.0449. The summed E-state index contributed by atoms with van der Waals surface area (Å²) in [6.07, 6.45) is 38.9. The fourth-order valence-electron chi connectivity index (χ4n) is 4.21. The minimum atomic E-state index is 0.569. The molecule has 0 bridgehead atoms. The molecule has 0 amide bonds. The molecule has 0 spiro atoms. The Morgan fingerprint density at radius 1 is 0.667 bits per heavy atom. The molecule has 1 N–H and O–H groups in total. The molecule has 0 heterocycles. The average Bonchev–Trinajstić information content (AvgIpc) is 2.86. The Bertz CT molecular complexity index is 657. The van der Waals surface area contributed by atoms with Crippen molar-refractivity contribution in [2.24, 2.45) is 5.92 Å². The van der Waals surface area contributed by atoms with Crippen LogP contribution in [0.15, 0.2) is 60.1 Å². The first-order valence-corrected chi connectivity index (χ1v) is 15.0. The van der Waals surface area contributed by atoms with E-state index in [1.165, 1.54) is 96.0 Å². The molecule has 0 aromatic rings. The summed E-state index contributed by atoms with van der Waals surface area (Å²) in [6, 6.07) is 0.569. The molecule has 0 radical (unpaired) electrons. The monoisotopic (exact) mass is 495 g/mol. The van der Waals surface area contributed by atoms with Crippen molar-refractivity contribution in [2.45, 2.75) is 136 Å². The molecule has 1 atom stereocenters. The number of carbonyl (C=O) groups excluding carboxylic acids is 1. The van der Waals surface area contributed by atoms with Crippen molar-refractivity contribution in [2.75, 3.05) is 6.54 Å². The zero-order valence-electron chi connectivity index (χ0n) is 24.0. The van der Waals surface area contributed by atoms with Gasteiger partial charge in [-0.15, -0.1) is 11.5 Å². The second-order valence-electron chi connectivity index (χ2n) is 10.2. The van der Waals surface area contributed by atoms with Crippen molar-refractivity contribution < 1.29 is 4.79 Å². The number of hydrogen-bond donors (Lipinski definition) is 1. The van der Waals surface area contributed by atoms with Crippen LogP contribution in [0.3, 0.4) is 0 Å². The van der Waals surface area contributed by atoms with Crippen molar-refractivity contribution in [1.29, 1.82) is 0 Å². The van der Waals surface area contributed by atoms with Crippen LogP contribution in [0.4, 0.5) is 0 Å². The lowest BCUT2D eigenvalue weighted by Crippen LogP contribution is -2.25. The van der Waals surface area contributed by atoms with E-state index in [1.54, 1.807) is 0 Å². The highest BCUT2D eigenvalue weighted by Crippen LogP contribution is 2.20. The van der Waals surface area contributed by atoms with Gasteiger partial charge in [-0.2, -0.15) is 0 Å². The molecule has 0 aromatic heterocycles. The summed E-state index contributed by atoms with van der Waals surface area (Å²) in [7, 11) is 0. The minimum Gasteiger partial charge on any atom is -0.315 e. The van der Waals surface area contributed by atoms with Crippen LogP contribution in [0, 0.1) is 5.92 Å². The van der Waals surface area contributed by atoms with Crippen molar-refractivity contribution in [1.82, 2.24) is 5.32 Å². The molecule has 0 aliphatic rings. The van der Waals surface area contributed by atoms with Crippen LogP contribution in [-0.2, 0) is 4.79 Å². The number of nitrogens with one attached hydrogen (secondary N) is 1. The third-order valence-electron chi connectivity index (χ3n) is 6.39. The van der Waals surface area contributed by atoms with Gasteiger partial charge >= 0.3 is 0 Å². The SMILES string of the molecule is CCCCC/C=C\CC=C=CCCCCCCCCC(CC/C=C/CC=C=CC=O)CCNC(C)C. The van der Waals surface area contributed by atoms with Gasteiger partial charge in [-0.05, 0) is 88.5 Å². The number of carbonyl (C=O) groups is 1. The Balaban J connectivity index is 3.89. The lowest BCUT2D eigenvalue weighted by atomic mass is 9.92. The van der Waals surface area contributed by atoms with Crippen molar-refractivity contribution >= 4 is 6.29 Å². The number of unbranched alkanes of at least 4 members (excludes halogenated alkanes) is 9. The van der Waals surface area contributed by atoms with Crippen LogP contribution in [0.1, 0.15) is 130 Å². The fourth-order valence-corrected chi connectivity index (χ4v) is 4.21. The smallest absolute Gasteiger partial charge is 0.150 e. The van der Waals surface area contributed by atoms with Crippen molar-refractivity contribution in [3.05, 3.63) is 60.1 Å². The van der Waals surface area contributed by atoms with Crippen molar-refractivity contribution in [3.63, 3.8) is 0 Å². The van der Waals surface area contributed by atoms with Gasteiger partial charge in [-0.25, -0.2) is 0 Å². The molecule has 2 heteroatoms. The van der Waals surface area contributed by atoms with Gasteiger partial charge in [-0.1, -0.05) is 96.4 Å². The summed E-state index contributed by atoms with van der Waals surface area (Å²) >= 11 is 0. The van der Waals surface area contributed by atoms with Gasteiger partial charge in [0.2, 0.25) is 0 Å². The van der Waals surface area contributed by atoms with Crippen LogP contribution in [0.2, 0.25) is 0 Å². The molecule has 0 rings (SSSR count). The second kappa shape index (κ2) is 29.4. The van der Waals surface area contributed by atoms with E-state index in [-0.39, 0.29) is 0 Å². The van der Waals surface area contributed by atoms with Crippen LogP contribution in [0.5, 0.6) is 0 Å². The summed E-state index contributed by atoms with van der Waals surface area (Å²) in [4.78, 5) is 10.2. The van der Waals surface area contributed by atoms with Crippen LogP contribution < -0.4 is 5.32 Å². The number of rotatable bonds is 25. The highest BCUT2D eigenvalue weighted by Gasteiger charge is 2.08. The molecule has 36 heavy (non-hydrogen) atoms. The van der Waals surface area contributed by atoms with Crippen molar-refractivity contribution in [3.8, 4) is 0 Å². The largest absolute Gasteiger partial charge is 0.315 e. The van der Waals surface area contributed by atoms with Gasteiger partial charge in [0.25, 0.3) is 0 Å². The Labute approximate surface area is 224 Å². The molecular formula is C34H57NO.